The van der Waals surface area contributed by atoms with Gasteiger partial charge in [0.25, 0.3) is 0 Å². The molecule has 2 saturated carbocycles. The van der Waals surface area contributed by atoms with Gasteiger partial charge in [0, 0.05) is 24.7 Å². The van der Waals surface area contributed by atoms with Crippen molar-refractivity contribution < 1.29 is 4.74 Å². The first-order valence-corrected chi connectivity index (χ1v) is 9.68. The summed E-state index contributed by atoms with van der Waals surface area (Å²) >= 11 is 0. The van der Waals surface area contributed by atoms with E-state index in [0.717, 1.165) is 32.8 Å². The van der Waals surface area contributed by atoms with E-state index < -0.39 is 0 Å². The van der Waals surface area contributed by atoms with Crippen molar-refractivity contribution in [3.8, 4) is 0 Å². The Labute approximate surface area is 164 Å². The lowest BCUT2D eigenvalue weighted by atomic mass is 9.80. The second kappa shape index (κ2) is 10.2. The maximum absolute atomic E-state index is 6.21. The molecule has 3 fully saturated rings. The van der Waals surface area contributed by atoms with Crippen molar-refractivity contribution in [3.05, 3.63) is 0 Å². The average molecular weight is 450 g/mol. The van der Waals surface area contributed by atoms with Crippen molar-refractivity contribution >= 4 is 29.9 Å². The standard InChI is InChI=1S/C18H34N4O.HI/c19-17(21-16-7-3-1-4-8-16)20-15-18(9-5-2-6-10-18)22-11-13-23-14-12-22;/h16H,1-15H2,(H3,19,20,21);1H. The van der Waals surface area contributed by atoms with Crippen molar-refractivity contribution in [2.24, 2.45) is 10.7 Å². The summed E-state index contributed by atoms with van der Waals surface area (Å²) in [5, 5.41) is 3.46. The first kappa shape index (κ1) is 20.2. The van der Waals surface area contributed by atoms with Crippen molar-refractivity contribution in [1.29, 1.82) is 0 Å². The van der Waals surface area contributed by atoms with Crippen LogP contribution in [0.2, 0.25) is 0 Å². The quantitative estimate of drug-likeness (QED) is 0.393. The number of halogens is 1. The van der Waals surface area contributed by atoms with E-state index in [1.807, 2.05) is 0 Å². The van der Waals surface area contributed by atoms with Crippen molar-refractivity contribution in [1.82, 2.24) is 10.2 Å². The number of nitrogens with two attached hydrogens (primary N) is 1. The summed E-state index contributed by atoms with van der Waals surface area (Å²) < 4.78 is 5.55. The molecule has 0 aromatic heterocycles. The van der Waals surface area contributed by atoms with Gasteiger partial charge >= 0.3 is 0 Å². The first-order chi connectivity index (χ1) is 11.3. The topological polar surface area (TPSA) is 62.9 Å². The molecule has 0 unspecified atom stereocenters. The van der Waals surface area contributed by atoms with Gasteiger partial charge in [-0.2, -0.15) is 0 Å². The van der Waals surface area contributed by atoms with Gasteiger partial charge in [-0.25, -0.2) is 0 Å². The van der Waals surface area contributed by atoms with E-state index >= 15 is 0 Å². The minimum absolute atomic E-state index is 0. The molecule has 5 nitrogen and oxygen atoms in total. The van der Waals surface area contributed by atoms with Crippen LogP contribution >= 0.6 is 24.0 Å². The molecule has 0 aromatic rings. The smallest absolute Gasteiger partial charge is 0.188 e. The summed E-state index contributed by atoms with van der Waals surface area (Å²) in [4.78, 5) is 7.42. The maximum Gasteiger partial charge on any atom is 0.188 e. The van der Waals surface area contributed by atoms with E-state index in [9.17, 15) is 0 Å². The number of morpholine rings is 1. The van der Waals surface area contributed by atoms with E-state index in [2.05, 4.69) is 10.2 Å². The van der Waals surface area contributed by atoms with Gasteiger partial charge in [-0.3, -0.25) is 9.89 Å². The maximum atomic E-state index is 6.21. The lowest BCUT2D eigenvalue weighted by Gasteiger charge is -2.47. The number of hydrogen-bond donors (Lipinski definition) is 2. The molecule has 6 heteroatoms. The van der Waals surface area contributed by atoms with Crippen LogP contribution in [0.4, 0.5) is 0 Å². The highest BCUT2D eigenvalue weighted by atomic mass is 127. The van der Waals surface area contributed by atoms with Crippen molar-refractivity contribution in [2.45, 2.75) is 75.8 Å². The Kier molecular flexibility index (Phi) is 8.57. The SMILES string of the molecule is I.NC(=NCC1(N2CCOCC2)CCCCC1)NC1CCCCC1. The minimum atomic E-state index is 0. The largest absolute Gasteiger partial charge is 0.379 e. The Bertz CT molecular complexity index is 386. The molecular weight excluding hydrogens is 415 g/mol. The van der Waals surface area contributed by atoms with Crippen LogP contribution in [0.25, 0.3) is 0 Å². The molecule has 0 atom stereocenters. The predicted octanol–water partition coefficient (Wildman–Crippen LogP) is 2.88. The number of hydrogen-bond acceptors (Lipinski definition) is 3. The third-order valence-corrected chi connectivity index (χ3v) is 5.97. The molecular formula is C18H35IN4O. The molecule has 0 aromatic carbocycles. The molecule has 24 heavy (non-hydrogen) atoms. The lowest BCUT2D eigenvalue weighted by Crippen LogP contribution is -2.56. The number of nitrogens with zero attached hydrogens (tertiary/aromatic N) is 2. The van der Waals surface area contributed by atoms with Crippen LogP contribution in [-0.2, 0) is 4.74 Å². The number of aliphatic imine (C=N–C) groups is 1. The van der Waals surface area contributed by atoms with Gasteiger partial charge in [0.1, 0.15) is 0 Å². The number of ether oxygens (including phenoxy) is 1. The van der Waals surface area contributed by atoms with Gasteiger partial charge in [-0.05, 0) is 25.7 Å². The normalized spacial score (nSPS) is 26.6. The van der Waals surface area contributed by atoms with Crippen LogP contribution in [0.3, 0.4) is 0 Å². The monoisotopic (exact) mass is 450 g/mol. The molecule has 0 bridgehead atoms. The number of rotatable bonds is 4. The molecule has 2 aliphatic carbocycles. The minimum Gasteiger partial charge on any atom is -0.379 e. The molecule has 140 valence electrons. The van der Waals surface area contributed by atoms with Crippen LogP contribution in [0.5, 0.6) is 0 Å². The number of nitrogens with one attached hydrogen (secondary N) is 1. The van der Waals surface area contributed by atoms with E-state index in [1.54, 1.807) is 0 Å². The summed E-state index contributed by atoms with van der Waals surface area (Å²) in [6, 6.07) is 0.540. The molecule has 3 aliphatic rings. The molecule has 0 amide bonds. The van der Waals surface area contributed by atoms with Gasteiger partial charge in [0.2, 0.25) is 0 Å². The lowest BCUT2D eigenvalue weighted by molar-refractivity contribution is -0.0333. The van der Waals surface area contributed by atoms with Crippen LogP contribution in [0.1, 0.15) is 64.2 Å². The Morgan fingerprint density at radius 1 is 1.04 bits per heavy atom. The zero-order chi connectivity index (χ0) is 16.0. The molecule has 0 radical (unpaired) electrons. The summed E-state index contributed by atoms with van der Waals surface area (Å²) in [6.07, 6.45) is 13.0. The number of guanidine groups is 1. The molecule has 3 N–H and O–H groups in total. The van der Waals surface area contributed by atoms with Crippen LogP contribution in [0, 0.1) is 0 Å². The van der Waals surface area contributed by atoms with Gasteiger partial charge in [-0.1, -0.05) is 38.5 Å². The summed E-state index contributed by atoms with van der Waals surface area (Å²) in [5.41, 5.74) is 6.43. The van der Waals surface area contributed by atoms with Crippen molar-refractivity contribution in [2.75, 3.05) is 32.8 Å². The zero-order valence-corrected chi connectivity index (χ0v) is 17.3. The van der Waals surface area contributed by atoms with E-state index in [0.29, 0.717) is 12.0 Å². The Hall–Kier alpha value is -0.0800. The Balaban J connectivity index is 0.00000208. The van der Waals surface area contributed by atoms with Gasteiger partial charge in [0.05, 0.1) is 19.8 Å². The summed E-state index contributed by atoms with van der Waals surface area (Å²) in [5.74, 6) is 0.662. The van der Waals surface area contributed by atoms with Crippen LogP contribution in [0.15, 0.2) is 4.99 Å². The molecule has 1 heterocycles. The highest BCUT2D eigenvalue weighted by molar-refractivity contribution is 14.0. The fraction of sp³-hybridized carbons (Fsp3) is 0.944. The fourth-order valence-corrected chi connectivity index (χ4v) is 4.56. The predicted molar refractivity (Wildman–Crippen MR) is 110 cm³/mol. The summed E-state index contributed by atoms with van der Waals surface area (Å²) in [7, 11) is 0. The second-order valence-electron chi connectivity index (χ2n) is 7.57. The van der Waals surface area contributed by atoms with E-state index in [-0.39, 0.29) is 29.5 Å². The third kappa shape index (κ3) is 5.46. The highest BCUT2D eigenvalue weighted by Gasteiger charge is 2.38. The van der Waals surface area contributed by atoms with Crippen LogP contribution < -0.4 is 11.1 Å². The average Bonchev–Trinajstić information content (AvgIpc) is 2.62. The van der Waals surface area contributed by atoms with Gasteiger partial charge in [0.15, 0.2) is 5.96 Å². The van der Waals surface area contributed by atoms with E-state index in [1.165, 1.54) is 64.2 Å². The molecule has 1 saturated heterocycles. The Morgan fingerprint density at radius 3 is 2.33 bits per heavy atom. The zero-order valence-electron chi connectivity index (χ0n) is 15.0. The van der Waals surface area contributed by atoms with Crippen molar-refractivity contribution in [3.63, 3.8) is 0 Å². The summed E-state index contributed by atoms with van der Waals surface area (Å²) in [6.45, 7) is 4.66. The van der Waals surface area contributed by atoms with Gasteiger partial charge < -0.3 is 15.8 Å². The molecule has 3 rings (SSSR count). The third-order valence-electron chi connectivity index (χ3n) is 5.97. The van der Waals surface area contributed by atoms with Crippen LogP contribution in [-0.4, -0.2) is 55.3 Å². The first-order valence-electron chi connectivity index (χ1n) is 9.68. The fourth-order valence-electron chi connectivity index (χ4n) is 4.56. The highest BCUT2D eigenvalue weighted by Crippen LogP contribution is 2.34. The second-order valence-corrected chi connectivity index (χ2v) is 7.57. The van der Waals surface area contributed by atoms with E-state index in [4.69, 9.17) is 15.5 Å². The molecule has 0 spiro atoms. The van der Waals surface area contributed by atoms with Gasteiger partial charge in [-0.15, -0.1) is 24.0 Å². The molecule has 1 aliphatic heterocycles. The Morgan fingerprint density at radius 2 is 1.67 bits per heavy atom.